The quantitative estimate of drug-likeness (QED) is 0.826. The van der Waals surface area contributed by atoms with Crippen LogP contribution in [-0.2, 0) is 9.59 Å². The monoisotopic (exact) mass is 301 g/mol. The molecule has 2 aromatic rings. The Balaban J connectivity index is 1.96. The first kappa shape index (κ1) is 15.3. The average molecular weight is 301 g/mol. The van der Waals surface area contributed by atoms with Gasteiger partial charge in [-0.25, -0.2) is 0 Å². The molecule has 0 spiro atoms. The van der Waals surface area contributed by atoms with Gasteiger partial charge in [0.05, 0.1) is 6.26 Å². The number of furan rings is 1. The zero-order valence-electron chi connectivity index (χ0n) is 11.5. The number of hydrogen-bond donors (Lipinski definition) is 2. The summed E-state index contributed by atoms with van der Waals surface area (Å²) < 4.78 is 4.97. The number of nitrogens with one attached hydrogen (secondary N) is 2. The zero-order valence-corrected chi connectivity index (χ0v) is 11.5. The van der Waals surface area contributed by atoms with Gasteiger partial charge in [0.15, 0.2) is 5.76 Å². The summed E-state index contributed by atoms with van der Waals surface area (Å²) in [4.78, 5) is 33.7. The van der Waals surface area contributed by atoms with Crippen molar-refractivity contribution >= 4 is 29.2 Å². The molecule has 0 fully saturated rings. The molecule has 2 N–H and O–H groups in total. The normalized spacial score (nSPS) is 10.0. The van der Waals surface area contributed by atoms with E-state index in [2.05, 4.69) is 10.6 Å². The standard InChI is InChI=1S/C15H14N2O5/c18-13(6-7-14(19)20)16-10-3-1-4-11(9-10)17-15(21)12-5-2-8-22-12/h1-5,8-9H,6-7H2,(H,16,18)(H,17,21)(H,19,20)/p-1. The van der Waals surface area contributed by atoms with Gasteiger partial charge in [-0.05, 0) is 36.8 Å². The summed E-state index contributed by atoms with van der Waals surface area (Å²) in [6.45, 7) is 0. The van der Waals surface area contributed by atoms with Crippen LogP contribution in [0.1, 0.15) is 23.4 Å². The molecule has 7 heteroatoms. The van der Waals surface area contributed by atoms with E-state index in [0.29, 0.717) is 11.4 Å². The molecule has 1 aromatic heterocycles. The minimum absolute atomic E-state index is 0.170. The maximum atomic E-state index is 11.8. The second-order valence-corrected chi connectivity index (χ2v) is 4.43. The largest absolute Gasteiger partial charge is 0.550 e. The Kier molecular flexibility index (Phi) is 4.92. The summed E-state index contributed by atoms with van der Waals surface area (Å²) in [6, 6.07) is 9.60. The van der Waals surface area contributed by atoms with E-state index in [-0.39, 0.29) is 18.6 Å². The fraction of sp³-hybridized carbons (Fsp3) is 0.133. The lowest BCUT2D eigenvalue weighted by Crippen LogP contribution is -2.24. The van der Waals surface area contributed by atoms with E-state index >= 15 is 0 Å². The Hall–Kier alpha value is -3.09. The van der Waals surface area contributed by atoms with Gasteiger partial charge in [-0.15, -0.1) is 0 Å². The van der Waals surface area contributed by atoms with E-state index in [4.69, 9.17) is 4.42 Å². The van der Waals surface area contributed by atoms with Gasteiger partial charge < -0.3 is 25.0 Å². The molecule has 1 aromatic carbocycles. The summed E-state index contributed by atoms with van der Waals surface area (Å²) in [5.41, 5.74) is 0.916. The number of amides is 2. The van der Waals surface area contributed by atoms with Crippen LogP contribution in [0.5, 0.6) is 0 Å². The molecular weight excluding hydrogens is 288 g/mol. The number of rotatable bonds is 6. The Morgan fingerprint density at radius 2 is 1.73 bits per heavy atom. The van der Waals surface area contributed by atoms with Crippen LogP contribution in [0.2, 0.25) is 0 Å². The van der Waals surface area contributed by atoms with E-state index in [1.165, 1.54) is 12.3 Å². The van der Waals surface area contributed by atoms with Crippen LogP contribution in [0.15, 0.2) is 47.1 Å². The van der Waals surface area contributed by atoms with Crippen LogP contribution in [0, 0.1) is 0 Å². The molecule has 0 aliphatic carbocycles. The van der Waals surface area contributed by atoms with Gasteiger partial charge in [0, 0.05) is 23.8 Å². The van der Waals surface area contributed by atoms with E-state index in [1.807, 2.05) is 0 Å². The van der Waals surface area contributed by atoms with Crippen molar-refractivity contribution < 1.29 is 23.9 Å². The van der Waals surface area contributed by atoms with Crippen molar-refractivity contribution in [1.82, 2.24) is 0 Å². The van der Waals surface area contributed by atoms with Crippen molar-refractivity contribution in [1.29, 1.82) is 0 Å². The first-order valence-corrected chi connectivity index (χ1v) is 6.49. The molecule has 0 radical (unpaired) electrons. The van der Waals surface area contributed by atoms with E-state index in [0.717, 1.165) is 0 Å². The molecule has 2 amide bonds. The number of carboxylic acid groups (broad SMARTS) is 1. The predicted molar refractivity (Wildman–Crippen MR) is 76.0 cm³/mol. The van der Waals surface area contributed by atoms with Crippen molar-refractivity contribution in [3.05, 3.63) is 48.4 Å². The molecular formula is C15H13N2O5-. The van der Waals surface area contributed by atoms with Gasteiger partial charge in [-0.3, -0.25) is 9.59 Å². The van der Waals surface area contributed by atoms with Crippen LogP contribution >= 0.6 is 0 Å². The molecule has 0 aliphatic heterocycles. The lowest BCUT2D eigenvalue weighted by Gasteiger charge is -2.08. The minimum atomic E-state index is -1.28. The third kappa shape index (κ3) is 4.48. The highest BCUT2D eigenvalue weighted by molar-refractivity contribution is 6.02. The Bertz CT molecular complexity index is 679. The fourth-order valence-electron chi connectivity index (χ4n) is 1.71. The number of aliphatic carboxylic acids is 1. The number of anilines is 2. The lowest BCUT2D eigenvalue weighted by molar-refractivity contribution is -0.305. The van der Waals surface area contributed by atoms with Crippen LogP contribution in [0.3, 0.4) is 0 Å². The summed E-state index contributed by atoms with van der Waals surface area (Å²) in [6.07, 6.45) is 0.870. The van der Waals surface area contributed by atoms with Gasteiger partial charge in [0.25, 0.3) is 5.91 Å². The third-order valence-electron chi connectivity index (χ3n) is 2.71. The zero-order chi connectivity index (χ0) is 15.9. The highest BCUT2D eigenvalue weighted by Gasteiger charge is 2.09. The highest BCUT2D eigenvalue weighted by atomic mass is 16.4. The highest BCUT2D eigenvalue weighted by Crippen LogP contribution is 2.16. The Morgan fingerprint density at radius 3 is 2.36 bits per heavy atom. The molecule has 0 bridgehead atoms. The number of carbonyl (C=O) groups excluding carboxylic acids is 3. The molecule has 0 saturated heterocycles. The topological polar surface area (TPSA) is 111 Å². The first-order valence-electron chi connectivity index (χ1n) is 6.49. The van der Waals surface area contributed by atoms with Crippen molar-refractivity contribution in [2.45, 2.75) is 12.8 Å². The number of carbonyl (C=O) groups is 3. The van der Waals surface area contributed by atoms with E-state index in [9.17, 15) is 19.5 Å². The van der Waals surface area contributed by atoms with E-state index < -0.39 is 17.8 Å². The lowest BCUT2D eigenvalue weighted by atomic mass is 10.2. The van der Waals surface area contributed by atoms with Gasteiger partial charge in [0.1, 0.15) is 0 Å². The van der Waals surface area contributed by atoms with Crippen LogP contribution < -0.4 is 15.7 Å². The van der Waals surface area contributed by atoms with Crippen LogP contribution in [0.4, 0.5) is 11.4 Å². The molecule has 1 heterocycles. The molecule has 114 valence electrons. The van der Waals surface area contributed by atoms with Crippen molar-refractivity contribution in [2.24, 2.45) is 0 Å². The van der Waals surface area contributed by atoms with Gasteiger partial charge in [0.2, 0.25) is 5.91 Å². The van der Waals surface area contributed by atoms with Gasteiger partial charge in [-0.1, -0.05) is 6.07 Å². The predicted octanol–water partition coefficient (Wildman–Crippen LogP) is 1.00. The van der Waals surface area contributed by atoms with E-state index in [1.54, 1.807) is 30.3 Å². The number of carboxylic acids is 1. The smallest absolute Gasteiger partial charge is 0.291 e. The average Bonchev–Trinajstić information content (AvgIpc) is 3.00. The molecule has 2 rings (SSSR count). The number of benzene rings is 1. The summed E-state index contributed by atoms with van der Waals surface area (Å²) in [5.74, 6) is -1.97. The third-order valence-corrected chi connectivity index (χ3v) is 2.71. The second-order valence-electron chi connectivity index (χ2n) is 4.43. The Labute approximate surface area is 125 Å². The van der Waals surface area contributed by atoms with Crippen LogP contribution in [0.25, 0.3) is 0 Å². The maximum Gasteiger partial charge on any atom is 0.291 e. The number of hydrogen-bond acceptors (Lipinski definition) is 5. The Morgan fingerprint density at radius 1 is 1.00 bits per heavy atom. The van der Waals surface area contributed by atoms with Crippen molar-refractivity contribution in [3.8, 4) is 0 Å². The molecule has 0 saturated carbocycles. The van der Waals surface area contributed by atoms with Gasteiger partial charge in [-0.2, -0.15) is 0 Å². The SMILES string of the molecule is O=C([O-])CCC(=O)Nc1cccc(NC(=O)c2ccco2)c1. The first-order chi connectivity index (χ1) is 10.5. The summed E-state index contributed by atoms with van der Waals surface area (Å²) >= 11 is 0. The molecule has 7 nitrogen and oxygen atoms in total. The molecule has 0 unspecified atom stereocenters. The fourth-order valence-corrected chi connectivity index (χ4v) is 1.71. The molecule has 0 aliphatic rings. The van der Waals surface area contributed by atoms with Crippen molar-refractivity contribution in [3.63, 3.8) is 0 Å². The summed E-state index contributed by atoms with van der Waals surface area (Å²) in [5, 5.41) is 15.5. The maximum absolute atomic E-state index is 11.8. The second kappa shape index (κ2) is 7.07. The van der Waals surface area contributed by atoms with Gasteiger partial charge >= 0.3 is 0 Å². The van der Waals surface area contributed by atoms with Crippen molar-refractivity contribution in [2.75, 3.05) is 10.6 Å². The molecule has 0 atom stereocenters. The minimum Gasteiger partial charge on any atom is -0.550 e. The van der Waals surface area contributed by atoms with Crippen LogP contribution in [-0.4, -0.2) is 17.8 Å². The summed E-state index contributed by atoms with van der Waals surface area (Å²) in [7, 11) is 0. The molecule has 22 heavy (non-hydrogen) atoms.